The zero-order chi connectivity index (χ0) is 20.6. The van der Waals surface area contributed by atoms with E-state index < -0.39 is 33.7 Å². The first kappa shape index (κ1) is 21.2. The number of hydrogen-bond donors (Lipinski definition) is 1. The van der Waals surface area contributed by atoms with Crippen molar-refractivity contribution >= 4 is 23.0 Å². The van der Waals surface area contributed by atoms with Gasteiger partial charge in [-0.1, -0.05) is 25.9 Å². The van der Waals surface area contributed by atoms with Crippen molar-refractivity contribution in [3.8, 4) is 0 Å². The molecule has 1 unspecified atom stereocenters. The number of aromatic nitrogens is 2. The molecular weight excluding hydrogens is 383 g/mol. The molecule has 2 aromatic heterocycles. The largest absolute Gasteiger partial charge is 0.611 e. The Morgan fingerprint density at radius 1 is 1.15 bits per heavy atom. The second kappa shape index (κ2) is 7.16. The van der Waals surface area contributed by atoms with Gasteiger partial charge < -0.3 is 9.08 Å². The number of pyridine rings is 1. The lowest BCUT2D eigenvalue weighted by molar-refractivity contribution is -0.141. The fraction of sp³-hybridized carbons (Fsp3) is 0.471. The second-order valence-corrected chi connectivity index (χ2v) is 9.47. The third-order valence-corrected chi connectivity index (χ3v) is 5.55. The quantitative estimate of drug-likeness (QED) is 0.782. The van der Waals surface area contributed by atoms with Crippen molar-refractivity contribution in [2.45, 2.75) is 55.9 Å². The summed E-state index contributed by atoms with van der Waals surface area (Å²) in [5, 5.41) is 6.38. The van der Waals surface area contributed by atoms with Crippen molar-refractivity contribution in [3.05, 3.63) is 35.8 Å². The molecule has 0 radical (unpaired) electrons. The van der Waals surface area contributed by atoms with Gasteiger partial charge in [-0.15, -0.1) is 0 Å². The predicted molar refractivity (Wildman–Crippen MR) is 93.6 cm³/mol. The van der Waals surface area contributed by atoms with E-state index in [2.05, 4.69) is 15.5 Å². The maximum Gasteiger partial charge on any atom is 0.433 e. The minimum Gasteiger partial charge on any atom is -0.611 e. The van der Waals surface area contributed by atoms with Gasteiger partial charge in [0.25, 0.3) is 5.91 Å². The van der Waals surface area contributed by atoms with Crippen molar-refractivity contribution in [1.82, 2.24) is 10.1 Å². The average molecular weight is 403 g/mol. The van der Waals surface area contributed by atoms with Crippen LogP contribution in [0.1, 0.15) is 46.0 Å². The maximum absolute atomic E-state index is 12.7. The number of alkyl halides is 3. The molecule has 0 saturated heterocycles. The molecule has 0 fully saturated rings. The lowest BCUT2D eigenvalue weighted by atomic mass is 9.92. The summed E-state index contributed by atoms with van der Waals surface area (Å²) in [4.78, 5) is 15.8. The first-order valence-electron chi connectivity index (χ1n) is 7.96. The molecule has 6 nitrogen and oxygen atoms in total. The van der Waals surface area contributed by atoms with Crippen molar-refractivity contribution in [3.63, 3.8) is 0 Å². The molecule has 27 heavy (non-hydrogen) atoms. The van der Waals surface area contributed by atoms with Crippen LogP contribution in [0.5, 0.6) is 0 Å². The summed E-state index contributed by atoms with van der Waals surface area (Å²) in [6, 6.07) is 3.34. The molecule has 1 N–H and O–H groups in total. The molecule has 0 aromatic carbocycles. The van der Waals surface area contributed by atoms with Gasteiger partial charge in [-0.3, -0.25) is 10.1 Å². The van der Waals surface area contributed by atoms with Gasteiger partial charge in [0.15, 0.2) is 4.90 Å². The molecule has 2 rings (SSSR count). The van der Waals surface area contributed by atoms with Crippen LogP contribution in [0.3, 0.4) is 0 Å². The predicted octanol–water partition coefficient (Wildman–Crippen LogP) is 3.91. The maximum atomic E-state index is 12.7. The molecule has 1 atom stereocenters. The zero-order valence-corrected chi connectivity index (χ0v) is 16.3. The smallest absolute Gasteiger partial charge is 0.433 e. The van der Waals surface area contributed by atoms with Crippen molar-refractivity contribution in [2.24, 2.45) is 0 Å². The SMILES string of the molecule is CC(C)(C)c1cc(NC(=O)C(C)(C)[S+]([O-])c2ccc(C(F)(F)F)nc2)on1. The van der Waals surface area contributed by atoms with Gasteiger partial charge >= 0.3 is 6.18 Å². The Kier molecular flexibility index (Phi) is 5.63. The van der Waals surface area contributed by atoms with E-state index in [0.717, 1.165) is 18.3 Å². The number of hydrogen-bond acceptors (Lipinski definition) is 5. The summed E-state index contributed by atoms with van der Waals surface area (Å²) in [7, 11) is 0. The molecule has 0 bridgehead atoms. The van der Waals surface area contributed by atoms with Crippen LogP contribution in [0.15, 0.2) is 33.8 Å². The number of carbonyl (C=O) groups is 1. The zero-order valence-electron chi connectivity index (χ0n) is 15.5. The summed E-state index contributed by atoms with van der Waals surface area (Å²) < 4.78 is 54.1. The minimum absolute atomic E-state index is 0.0103. The van der Waals surface area contributed by atoms with E-state index in [1.54, 1.807) is 6.07 Å². The van der Waals surface area contributed by atoms with Crippen LogP contribution < -0.4 is 5.32 Å². The van der Waals surface area contributed by atoms with Gasteiger partial charge in [-0.2, -0.15) is 13.2 Å². The van der Waals surface area contributed by atoms with Gasteiger partial charge in [0.1, 0.15) is 5.69 Å². The second-order valence-electron chi connectivity index (χ2n) is 7.44. The Labute approximate surface area is 157 Å². The Hall–Kier alpha value is -2.07. The molecule has 0 saturated carbocycles. The summed E-state index contributed by atoms with van der Waals surface area (Å²) in [5.74, 6) is -0.530. The van der Waals surface area contributed by atoms with E-state index in [0.29, 0.717) is 5.69 Å². The van der Waals surface area contributed by atoms with Gasteiger partial charge in [0.2, 0.25) is 10.6 Å². The topological polar surface area (TPSA) is 91.1 Å². The van der Waals surface area contributed by atoms with Crippen molar-refractivity contribution in [2.75, 3.05) is 5.32 Å². The summed E-state index contributed by atoms with van der Waals surface area (Å²) in [5.41, 5.74) is -0.748. The highest BCUT2D eigenvalue weighted by atomic mass is 32.2. The van der Waals surface area contributed by atoms with Gasteiger partial charge in [-0.25, -0.2) is 4.98 Å². The molecule has 0 aliphatic rings. The summed E-state index contributed by atoms with van der Waals surface area (Å²) >= 11 is -1.95. The summed E-state index contributed by atoms with van der Waals surface area (Å²) in [6.07, 6.45) is -3.73. The standard InChI is InChI=1S/C17H20F3N3O3S/c1-15(2,3)12-8-13(26-23-12)22-14(24)16(4,5)27(25)10-6-7-11(21-9-10)17(18,19)20/h6-9H,1-5H3,(H,22,24). The number of amides is 1. The van der Waals surface area contributed by atoms with E-state index in [1.165, 1.54) is 13.8 Å². The molecule has 0 aliphatic carbocycles. The van der Waals surface area contributed by atoms with Crippen LogP contribution in [0.4, 0.5) is 19.1 Å². The number of carbonyl (C=O) groups excluding carboxylic acids is 1. The van der Waals surface area contributed by atoms with Crippen molar-refractivity contribution < 1.29 is 27.0 Å². The molecule has 0 aliphatic heterocycles. The fourth-order valence-electron chi connectivity index (χ4n) is 1.99. The molecule has 0 spiro atoms. The lowest BCUT2D eigenvalue weighted by Gasteiger charge is -2.26. The van der Waals surface area contributed by atoms with Crippen LogP contribution in [0.2, 0.25) is 0 Å². The number of anilines is 1. The highest BCUT2D eigenvalue weighted by Gasteiger charge is 2.43. The fourth-order valence-corrected chi connectivity index (χ4v) is 3.14. The van der Waals surface area contributed by atoms with Gasteiger partial charge in [0, 0.05) is 22.7 Å². The van der Waals surface area contributed by atoms with Gasteiger partial charge in [0.05, 0.1) is 11.9 Å². The van der Waals surface area contributed by atoms with Crippen LogP contribution in [0.25, 0.3) is 0 Å². The highest BCUT2D eigenvalue weighted by molar-refractivity contribution is 7.93. The third kappa shape index (κ3) is 4.81. The molecule has 148 valence electrons. The van der Waals surface area contributed by atoms with Crippen LogP contribution >= 0.6 is 0 Å². The van der Waals surface area contributed by atoms with E-state index in [1.807, 2.05) is 20.8 Å². The number of nitrogens with zero attached hydrogens (tertiary/aromatic N) is 2. The van der Waals surface area contributed by atoms with E-state index in [4.69, 9.17) is 4.52 Å². The molecular formula is C17H20F3N3O3S. The first-order chi connectivity index (χ1) is 12.2. The Balaban J connectivity index is 2.16. The molecule has 2 aromatic rings. The van der Waals surface area contributed by atoms with E-state index >= 15 is 0 Å². The van der Waals surface area contributed by atoms with Crippen molar-refractivity contribution in [1.29, 1.82) is 0 Å². The molecule has 10 heteroatoms. The minimum atomic E-state index is -4.59. The van der Waals surface area contributed by atoms with Gasteiger partial charge in [-0.05, 0) is 26.0 Å². The first-order valence-corrected chi connectivity index (χ1v) is 9.11. The van der Waals surface area contributed by atoms with Crippen LogP contribution in [0, 0.1) is 0 Å². The normalized spacial score (nSPS) is 14.1. The monoisotopic (exact) mass is 403 g/mol. The number of nitrogens with one attached hydrogen (secondary N) is 1. The van der Waals surface area contributed by atoms with Crippen LogP contribution in [-0.4, -0.2) is 25.3 Å². The number of halogens is 3. The molecule has 1 amide bonds. The lowest BCUT2D eigenvalue weighted by Crippen LogP contribution is -2.44. The Morgan fingerprint density at radius 3 is 2.22 bits per heavy atom. The third-order valence-electron chi connectivity index (χ3n) is 3.77. The van der Waals surface area contributed by atoms with E-state index in [9.17, 15) is 22.5 Å². The van der Waals surface area contributed by atoms with E-state index in [-0.39, 0.29) is 16.2 Å². The number of rotatable bonds is 4. The molecule has 2 heterocycles. The Morgan fingerprint density at radius 2 is 1.78 bits per heavy atom. The Bertz CT molecular complexity index is 811. The summed E-state index contributed by atoms with van der Waals surface area (Å²) in [6.45, 7) is 8.60. The van der Waals surface area contributed by atoms with Crippen LogP contribution in [-0.2, 0) is 27.6 Å². The highest BCUT2D eigenvalue weighted by Crippen LogP contribution is 2.31. The average Bonchev–Trinajstić information content (AvgIpc) is 3.02.